The number of nitrogens with zero attached hydrogens (tertiary/aromatic N) is 1. The molecule has 2 rings (SSSR count). The third kappa shape index (κ3) is 27.9. The maximum atomic E-state index is 5.40. The Morgan fingerprint density at radius 2 is 0.655 bits per heavy atom. The van der Waals surface area contributed by atoms with E-state index < -0.39 is 0 Å². The summed E-state index contributed by atoms with van der Waals surface area (Å²) in [4.78, 5) is 0. The van der Waals surface area contributed by atoms with Gasteiger partial charge in [0.25, 0.3) is 0 Å². The topological polar surface area (TPSA) is 42.5 Å². The second-order valence-corrected chi connectivity index (χ2v) is 16.2. The van der Waals surface area contributed by atoms with Crippen molar-refractivity contribution in [3.63, 3.8) is 0 Å². The SMILES string of the molecule is CCCCCCCCCCCCCC[N+](CCCCCC)(CCCCCC)CCCCCC.CCOc1ccc(NC(=S)Nc2ccc(OCC)cc2)cc1. The molecular formula is C49H88N3O2S+. The first kappa shape index (κ1) is 50.7. The molecule has 6 heteroatoms. The summed E-state index contributed by atoms with van der Waals surface area (Å²) in [7, 11) is 0. The van der Waals surface area contributed by atoms with Gasteiger partial charge in [-0.05, 0) is 126 Å². The van der Waals surface area contributed by atoms with Crippen LogP contribution in [0.2, 0.25) is 0 Å². The van der Waals surface area contributed by atoms with Gasteiger partial charge < -0.3 is 24.6 Å². The standard InChI is InChI=1S/C32H68N.C17H20N2O2S/c1-5-9-13-17-18-19-20-21-22-23-24-28-32-33(29-25-14-10-6-2,30-26-15-11-7-3)31-27-16-12-8-4;1-3-20-15-9-5-13(6-10-15)18-17(22)19-14-7-11-16(12-8-14)21-4-2/h5-32H2,1-4H3;5-12H,3-4H2,1-2H3,(H2,18,19,22)/q+1;. The minimum Gasteiger partial charge on any atom is -0.494 e. The molecule has 0 saturated heterocycles. The van der Waals surface area contributed by atoms with Crippen LogP contribution in [-0.4, -0.2) is 49.0 Å². The first-order valence-corrected chi connectivity index (χ1v) is 23.7. The molecule has 0 spiro atoms. The fourth-order valence-electron chi connectivity index (χ4n) is 7.48. The fraction of sp³-hybridized carbons (Fsp3) is 0.735. The van der Waals surface area contributed by atoms with Crippen LogP contribution in [0.25, 0.3) is 0 Å². The molecule has 0 aliphatic heterocycles. The number of ether oxygens (including phenoxy) is 2. The van der Waals surface area contributed by atoms with E-state index in [0.717, 1.165) is 22.9 Å². The van der Waals surface area contributed by atoms with Crippen molar-refractivity contribution in [2.45, 2.75) is 196 Å². The molecular weight excluding hydrogens is 695 g/mol. The third-order valence-corrected chi connectivity index (χ3v) is 11.0. The van der Waals surface area contributed by atoms with Crippen LogP contribution in [-0.2, 0) is 0 Å². The number of unbranched alkanes of at least 4 members (excludes halogenated alkanes) is 20. The van der Waals surface area contributed by atoms with Gasteiger partial charge in [-0.1, -0.05) is 130 Å². The average Bonchev–Trinajstić information content (AvgIpc) is 3.19. The van der Waals surface area contributed by atoms with Crippen LogP contribution in [0.15, 0.2) is 48.5 Å². The summed E-state index contributed by atoms with van der Waals surface area (Å²) in [5.41, 5.74) is 1.82. The number of hydrogen-bond donors (Lipinski definition) is 2. The van der Waals surface area contributed by atoms with Crippen LogP contribution in [0.5, 0.6) is 11.5 Å². The lowest BCUT2D eigenvalue weighted by Gasteiger charge is -2.39. The van der Waals surface area contributed by atoms with Gasteiger partial charge >= 0.3 is 0 Å². The van der Waals surface area contributed by atoms with Crippen LogP contribution in [0.4, 0.5) is 11.4 Å². The highest BCUT2D eigenvalue weighted by Crippen LogP contribution is 2.21. The number of thiocarbonyl (C=S) groups is 1. The molecule has 0 heterocycles. The molecule has 316 valence electrons. The molecule has 0 radical (unpaired) electrons. The molecule has 0 amide bonds. The van der Waals surface area contributed by atoms with Crippen LogP contribution < -0.4 is 20.1 Å². The van der Waals surface area contributed by atoms with Gasteiger partial charge in [0, 0.05) is 11.4 Å². The van der Waals surface area contributed by atoms with Gasteiger partial charge in [0.15, 0.2) is 5.11 Å². The van der Waals surface area contributed by atoms with Crippen molar-refractivity contribution in [2.75, 3.05) is 50.0 Å². The normalized spacial score (nSPS) is 11.2. The highest BCUT2D eigenvalue weighted by atomic mass is 32.1. The summed E-state index contributed by atoms with van der Waals surface area (Å²) >= 11 is 5.30. The van der Waals surface area contributed by atoms with E-state index in [1.54, 1.807) is 0 Å². The van der Waals surface area contributed by atoms with E-state index in [4.69, 9.17) is 21.7 Å². The van der Waals surface area contributed by atoms with Gasteiger partial charge in [-0.25, -0.2) is 0 Å². The Kier molecular flexibility index (Phi) is 33.2. The van der Waals surface area contributed by atoms with Crippen molar-refractivity contribution in [3.8, 4) is 11.5 Å². The van der Waals surface area contributed by atoms with Crippen molar-refractivity contribution >= 4 is 28.7 Å². The Balaban J connectivity index is 0.000000592. The van der Waals surface area contributed by atoms with Gasteiger partial charge in [0.05, 0.1) is 39.4 Å². The number of nitrogens with one attached hydrogen (secondary N) is 2. The van der Waals surface area contributed by atoms with Crippen molar-refractivity contribution in [1.82, 2.24) is 0 Å². The van der Waals surface area contributed by atoms with Gasteiger partial charge in [-0.2, -0.15) is 0 Å². The zero-order chi connectivity index (χ0) is 40.1. The summed E-state index contributed by atoms with van der Waals surface area (Å²) in [5.74, 6) is 1.69. The van der Waals surface area contributed by atoms with Crippen molar-refractivity contribution in [2.24, 2.45) is 0 Å². The summed E-state index contributed by atoms with van der Waals surface area (Å²) in [6, 6.07) is 15.3. The number of hydrogen-bond acceptors (Lipinski definition) is 3. The van der Waals surface area contributed by atoms with E-state index in [-0.39, 0.29) is 0 Å². The lowest BCUT2D eigenvalue weighted by Crippen LogP contribution is -2.50. The van der Waals surface area contributed by atoms with E-state index in [2.05, 4.69) is 38.3 Å². The molecule has 2 N–H and O–H groups in total. The number of anilines is 2. The Morgan fingerprint density at radius 3 is 0.927 bits per heavy atom. The lowest BCUT2D eigenvalue weighted by atomic mass is 10.0. The van der Waals surface area contributed by atoms with Crippen LogP contribution in [0.3, 0.4) is 0 Å². The highest BCUT2D eigenvalue weighted by molar-refractivity contribution is 7.80. The van der Waals surface area contributed by atoms with E-state index in [1.165, 1.54) is 185 Å². The number of benzene rings is 2. The second kappa shape index (κ2) is 36.1. The van der Waals surface area contributed by atoms with Gasteiger partial charge in [-0.15, -0.1) is 0 Å². The van der Waals surface area contributed by atoms with Crippen LogP contribution in [0.1, 0.15) is 196 Å². The number of quaternary nitrogens is 1. The first-order valence-electron chi connectivity index (χ1n) is 23.3. The largest absolute Gasteiger partial charge is 0.494 e. The van der Waals surface area contributed by atoms with Crippen LogP contribution >= 0.6 is 12.2 Å². The Labute approximate surface area is 347 Å². The smallest absolute Gasteiger partial charge is 0.175 e. The predicted octanol–water partition coefficient (Wildman–Crippen LogP) is 15.5. The predicted molar refractivity (Wildman–Crippen MR) is 248 cm³/mol. The Bertz CT molecular complexity index is 1040. The summed E-state index contributed by atoms with van der Waals surface area (Å²) in [5, 5.41) is 6.80. The molecule has 0 atom stereocenters. The zero-order valence-electron chi connectivity index (χ0n) is 37.0. The minimum absolute atomic E-state index is 0.535. The Hall–Kier alpha value is -2.31. The first-order chi connectivity index (χ1) is 26.9. The quantitative estimate of drug-likeness (QED) is 0.0420. The van der Waals surface area contributed by atoms with Gasteiger partial charge in [0.2, 0.25) is 0 Å². The van der Waals surface area contributed by atoms with Crippen LogP contribution in [0, 0.1) is 0 Å². The van der Waals surface area contributed by atoms with Crippen molar-refractivity contribution in [1.29, 1.82) is 0 Å². The van der Waals surface area contributed by atoms with Gasteiger partial charge in [0.1, 0.15) is 11.5 Å². The maximum Gasteiger partial charge on any atom is 0.175 e. The third-order valence-electron chi connectivity index (χ3n) is 10.8. The molecule has 0 bridgehead atoms. The molecule has 2 aromatic carbocycles. The minimum atomic E-state index is 0.535. The van der Waals surface area contributed by atoms with E-state index in [1.807, 2.05) is 62.4 Å². The molecule has 0 aromatic heterocycles. The molecule has 2 aromatic rings. The van der Waals surface area contributed by atoms with E-state index >= 15 is 0 Å². The van der Waals surface area contributed by atoms with E-state index in [0.29, 0.717) is 18.3 Å². The second-order valence-electron chi connectivity index (χ2n) is 15.8. The zero-order valence-corrected chi connectivity index (χ0v) is 37.8. The molecule has 0 aliphatic rings. The monoisotopic (exact) mass is 783 g/mol. The average molecular weight is 783 g/mol. The Morgan fingerprint density at radius 1 is 0.400 bits per heavy atom. The highest BCUT2D eigenvalue weighted by Gasteiger charge is 2.25. The fourth-order valence-corrected chi connectivity index (χ4v) is 7.71. The lowest BCUT2D eigenvalue weighted by molar-refractivity contribution is -0.929. The molecule has 0 saturated carbocycles. The number of rotatable bonds is 34. The van der Waals surface area contributed by atoms with Gasteiger partial charge in [-0.3, -0.25) is 0 Å². The van der Waals surface area contributed by atoms with Crippen molar-refractivity contribution < 1.29 is 14.0 Å². The summed E-state index contributed by atoms with van der Waals surface area (Å²) < 4.78 is 12.3. The van der Waals surface area contributed by atoms with Crippen molar-refractivity contribution in [3.05, 3.63) is 48.5 Å². The van der Waals surface area contributed by atoms with E-state index in [9.17, 15) is 0 Å². The summed E-state index contributed by atoms with van der Waals surface area (Å²) in [6.07, 6.45) is 34.8. The molecule has 0 fully saturated rings. The maximum absolute atomic E-state index is 5.40. The molecule has 0 aliphatic carbocycles. The summed E-state index contributed by atoms with van der Waals surface area (Å²) in [6.45, 7) is 20.5. The molecule has 5 nitrogen and oxygen atoms in total. The molecule has 0 unspecified atom stereocenters. The molecule has 55 heavy (non-hydrogen) atoms.